The van der Waals surface area contributed by atoms with E-state index in [0.717, 1.165) is 24.5 Å². The molecule has 1 aliphatic heterocycles. The molecule has 1 amide bonds. The summed E-state index contributed by atoms with van der Waals surface area (Å²) < 4.78 is 6.07. The molecular formula is C18H21N3O2. The summed E-state index contributed by atoms with van der Waals surface area (Å²) in [5, 5.41) is 0. The molecule has 5 nitrogen and oxygen atoms in total. The van der Waals surface area contributed by atoms with Gasteiger partial charge >= 0.3 is 0 Å². The lowest BCUT2D eigenvalue weighted by atomic mass is 10.1. The minimum absolute atomic E-state index is 0.0158. The monoisotopic (exact) mass is 311 g/mol. The van der Waals surface area contributed by atoms with Crippen molar-refractivity contribution in [1.29, 1.82) is 0 Å². The SMILES string of the molecule is CCN1C[C@H](CN(C)C(=O)c2ccncc2)Oc2ccccc21. The van der Waals surface area contributed by atoms with E-state index in [1.807, 2.05) is 25.2 Å². The highest BCUT2D eigenvalue weighted by Gasteiger charge is 2.26. The molecule has 0 radical (unpaired) electrons. The number of pyridine rings is 1. The Hall–Kier alpha value is -2.56. The van der Waals surface area contributed by atoms with Gasteiger partial charge in [0, 0.05) is 31.5 Å². The van der Waals surface area contributed by atoms with Crippen molar-refractivity contribution in [3.8, 4) is 5.75 Å². The number of hydrogen-bond acceptors (Lipinski definition) is 4. The van der Waals surface area contributed by atoms with Crippen molar-refractivity contribution in [3.63, 3.8) is 0 Å². The predicted octanol–water partition coefficient (Wildman–Crippen LogP) is 2.44. The first-order chi connectivity index (χ1) is 11.2. The van der Waals surface area contributed by atoms with E-state index in [1.54, 1.807) is 29.4 Å². The lowest BCUT2D eigenvalue weighted by Crippen LogP contribution is -2.46. The Bertz CT molecular complexity index is 675. The van der Waals surface area contributed by atoms with Crippen molar-refractivity contribution in [2.24, 2.45) is 0 Å². The Morgan fingerprint density at radius 1 is 1.30 bits per heavy atom. The number of hydrogen-bond donors (Lipinski definition) is 0. The molecule has 5 heteroatoms. The summed E-state index contributed by atoms with van der Waals surface area (Å²) in [6.45, 7) is 4.37. The molecule has 0 aliphatic carbocycles. The fraction of sp³-hybridized carbons (Fsp3) is 0.333. The minimum atomic E-state index is -0.0411. The lowest BCUT2D eigenvalue weighted by Gasteiger charge is -2.37. The average molecular weight is 311 g/mol. The van der Waals surface area contributed by atoms with Crippen molar-refractivity contribution < 1.29 is 9.53 Å². The van der Waals surface area contributed by atoms with Crippen molar-refractivity contribution in [3.05, 3.63) is 54.4 Å². The molecule has 0 spiro atoms. The molecular weight excluding hydrogens is 290 g/mol. The van der Waals surface area contributed by atoms with Gasteiger partial charge in [-0.25, -0.2) is 0 Å². The van der Waals surface area contributed by atoms with E-state index in [1.165, 1.54) is 0 Å². The standard InChI is InChI=1S/C18H21N3O2/c1-3-21-13-15(23-17-7-5-4-6-16(17)21)12-20(2)18(22)14-8-10-19-11-9-14/h4-11,15H,3,12-13H2,1-2H3/t15-/m0/s1. The first-order valence-corrected chi connectivity index (χ1v) is 7.85. The van der Waals surface area contributed by atoms with E-state index < -0.39 is 0 Å². The molecule has 0 bridgehead atoms. The largest absolute Gasteiger partial charge is 0.485 e. The summed E-state index contributed by atoms with van der Waals surface area (Å²) in [7, 11) is 1.81. The summed E-state index contributed by atoms with van der Waals surface area (Å²) in [6.07, 6.45) is 3.22. The molecule has 0 unspecified atom stereocenters. The Labute approximate surface area is 136 Å². The molecule has 1 aromatic carbocycles. The van der Waals surface area contributed by atoms with Gasteiger partial charge in [-0.2, -0.15) is 0 Å². The van der Waals surface area contributed by atoms with Crippen LogP contribution in [0.4, 0.5) is 5.69 Å². The number of nitrogens with zero attached hydrogens (tertiary/aromatic N) is 3. The number of likely N-dealkylation sites (N-methyl/N-ethyl adjacent to an activating group) is 2. The molecule has 0 saturated heterocycles. The van der Waals surface area contributed by atoms with Crippen molar-refractivity contribution in [1.82, 2.24) is 9.88 Å². The number of para-hydroxylation sites is 2. The number of ether oxygens (including phenoxy) is 1. The van der Waals surface area contributed by atoms with Crippen molar-refractivity contribution in [2.75, 3.05) is 31.6 Å². The van der Waals surface area contributed by atoms with Gasteiger partial charge in [0.1, 0.15) is 11.9 Å². The van der Waals surface area contributed by atoms with Crippen LogP contribution in [0.25, 0.3) is 0 Å². The van der Waals surface area contributed by atoms with Crippen LogP contribution in [0.5, 0.6) is 5.75 Å². The molecule has 23 heavy (non-hydrogen) atoms. The number of carbonyl (C=O) groups excluding carboxylic acids is 1. The number of benzene rings is 1. The summed E-state index contributed by atoms with van der Waals surface area (Å²) in [5.41, 5.74) is 1.76. The van der Waals surface area contributed by atoms with E-state index in [4.69, 9.17) is 4.74 Å². The number of aromatic nitrogens is 1. The zero-order valence-corrected chi connectivity index (χ0v) is 13.5. The second-order valence-corrected chi connectivity index (χ2v) is 5.67. The van der Waals surface area contributed by atoms with Gasteiger partial charge in [0.2, 0.25) is 0 Å². The van der Waals surface area contributed by atoms with Gasteiger partial charge in [0.25, 0.3) is 5.91 Å². The number of carbonyl (C=O) groups is 1. The van der Waals surface area contributed by atoms with Crippen LogP contribution in [0.1, 0.15) is 17.3 Å². The topological polar surface area (TPSA) is 45.7 Å². The first-order valence-electron chi connectivity index (χ1n) is 7.85. The molecule has 2 aromatic rings. The third kappa shape index (κ3) is 3.28. The Kier molecular flexibility index (Phi) is 4.46. The van der Waals surface area contributed by atoms with Crippen LogP contribution >= 0.6 is 0 Å². The maximum absolute atomic E-state index is 12.4. The third-order valence-electron chi connectivity index (χ3n) is 4.06. The van der Waals surface area contributed by atoms with E-state index in [9.17, 15) is 4.79 Å². The second kappa shape index (κ2) is 6.69. The van der Waals surface area contributed by atoms with E-state index in [0.29, 0.717) is 12.1 Å². The fourth-order valence-corrected chi connectivity index (χ4v) is 2.88. The zero-order valence-electron chi connectivity index (χ0n) is 13.5. The van der Waals surface area contributed by atoms with Crippen LogP contribution in [-0.4, -0.2) is 48.6 Å². The highest BCUT2D eigenvalue weighted by molar-refractivity contribution is 5.93. The molecule has 3 rings (SSSR count). The Balaban J connectivity index is 1.70. The van der Waals surface area contributed by atoms with Gasteiger partial charge in [0.15, 0.2) is 0 Å². The molecule has 1 aliphatic rings. The summed E-state index contributed by atoms with van der Waals surface area (Å²) in [6, 6.07) is 11.5. The molecule has 0 saturated carbocycles. The summed E-state index contributed by atoms with van der Waals surface area (Å²) in [5.74, 6) is 0.869. The highest BCUT2D eigenvalue weighted by atomic mass is 16.5. The molecule has 120 valence electrons. The van der Waals surface area contributed by atoms with Gasteiger partial charge in [-0.05, 0) is 31.2 Å². The Morgan fingerprint density at radius 3 is 2.78 bits per heavy atom. The third-order valence-corrected chi connectivity index (χ3v) is 4.06. The summed E-state index contributed by atoms with van der Waals surface area (Å²) in [4.78, 5) is 20.4. The molecule has 0 fully saturated rings. The quantitative estimate of drug-likeness (QED) is 0.870. The molecule has 0 N–H and O–H groups in total. The normalized spacial score (nSPS) is 16.4. The summed E-state index contributed by atoms with van der Waals surface area (Å²) >= 11 is 0. The molecule has 2 heterocycles. The fourth-order valence-electron chi connectivity index (χ4n) is 2.88. The van der Waals surface area contributed by atoms with Gasteiger partial charge < -0.3 is 14.5 Å². The van der Waals surface area contributed by atoms with Crippen LogP contribution in [0.2, 0.25) is 0 Å². The van der Waals surface area contributed by atoms with E-state index in [2.05, 4.69) is 22.9 Å². The average Bonchev–Trinajstić information content (AvgIpc) is 2.61. The molecule has 1 atom stereocenters. The Morgan fingerprint density at radius 2 is 2.04 bits per heavy atom. The minimum Gasteiger partial charge on any atom is -0.485 e. The number of amides is 1. The van der Waals surface area contributed by atoms with Crippen LogP contribution in [0, 0.1) is 0 Å². The second-order valence-electron chi connectivity index (χ2n) is 5.67. The van der Waals surface area contributed by atoms with E-state index in [-0.39, 0.29) is 12.0 Å². The van der Waals surface area contributed by atoms with Crippen LogP contribution < -0.4 is 9.64 Å². The van der Waals surface area contributed by atoms with Crippen LogP contribution in [0.3, 0.4) is 0 Å². The van der Waals surface area contributed by atoms with Crippen LogP contribution in [0.15, 0.2) is 48.8 Å². The molecule has 1 aromatic heterocycles. The van der Waals surface area contributed by atoms with E-state index >= 15 is 0 Å². The number of rotatable bonds is 4. The first kappa shape index (κ1) is 15.3. The van der Waals surface area contributed by atoms with Gasteiger partial charge in [-0.1, -0.05) is 12.1 Å². The lowest BCUT2D eigenvalue weighted by molar-refractivity contribution is 0.0709. The number of fused-ring (bicyclic) bond motifs is 1. The maximum Gasteiger partial charge on any atom is 0.253 e. The highest BCUT2D eigenvalue weighted by Crippen LogP contribution is 2.32. The maximum atomic E-state index is 12.4. The van der Waals surface area contributed by atoms with Gasteiger partial charge in [-0.15, -0.1) is 0 Å². The predicted molar refractivity (Wildman–Crippen MR) is 89.9 cm³/mol. The van der Waals surface area contributed by atoms with Gasteiger partial charge in [-0.3, -0.25) is 9.78 Å². The van der Waals surface area contributed by atoms with Crippen molar-refractivity contribution >= 4 is 11.6 Å². The van der Waals surface area contributed by atoms with Crippen molar-refractivity contribution in [2.45, 2.75) is 13.0 Å². The number of anilines is 1. The van der Waals surface area contributed by atoms with Crippen LogP contribution in [-0.2, 0) is 0 Å². The van der Waals surface area contributed by atoms with Gasteiger partial charge in [0.05, 0.1) is 18.8 Å². The zero-order chi connectivity index (χ0) is 16.2. The smallest absolute Gasteiger partial charge is 0.253 e.